The van der Waals surface area contributed by atoms with E-state index >= 15 is 0 Å². The molecular formula is C18H21NO5S. The zero-order valence-electron chi connectivity index (χ0n) is 14.4. The molecule has 0 bridgehead atoms. The average molecular weight is 363 g/mol. The summed E-state index contributed by atoms with van der Waals surface area (Å²) in [6, 6.07) is 10.7. The second-order valence-corrected chi connectivity index (χ2v) is 6.90. The first-order valence-corrected chi connectivity index (χ1v) is 9.39. The fourth-order valence-electron chi connectivity index (χ4n) is 2.19. The van der Waals surface area contributed by atoms with Crippen molar-refractivity contribution in [2.75, 3.05) is 17.9 Å². The van der Waals surface area contributed by atoms with Crippen LogP contribution in [0.15, 0.2) is 47.4 Å². The minimum atomic E-state index is -3.79. The lowest BCUT2D eigenvalue weighted by Gasteiger charge is -2.13. The van der Waals surface area contributed by atoms with Gasteiger partial charge in [-0.1, -0.05) is 0 Å². The molecule has 0 aliphatic heterocycles. The van der Waals surface area contributed by atoms with E-state index in [9.17, 15) is 13.2 Å². The molecule has 1 N–H and O–H groups in total. The lowest BCUT2D eigenvalue weighted by atomic mass is 10.1. The van der Waals surface area contributed by atoms with Gasteiger partial charge in [-0.05, 0) is 57.2 Å². The molecular weight excluding hydrogens is 342 g/mol. The molecule has 0 saturated carbocycles. The molecule has 0 amide bonds. The van der Waals surface area contributed by atoms with Crippen molar-refractivity contribution in [3.63, 3.8) is 0 Å². The molecule has 0 radical (unpaired) electrons. The highest BCUT2D eigenvalue weighted by atomic mass is 32.2. The number of hydrogen-bond acceptors (Lipinski definition) is 5. The quantitative estimate of drug-likeness (QED) is 0.726. The standard InChI is InChI=1S/C18H21NO5S/c1-4-23-17-11-10-16(12-18(17)24-5-2)25(21,22)19-15-8-6-14(7-9-15)13(3)20/h6-12,19H,4-5H2,1-3H3. The van der Waals surface area contributed by atoms with Gasteiger partial charge in [-0.25, -0.2) is 8.42 Å². The minimum absolute atomic E-state index is 0.0649. The van der Waals surface area contributed by atoms with E-state index < -0.39 is 10.0 Å². The zero-order valence-corrected chi connectivity index (χ0v) is 15.2. The summed E-state index contributed by atoms with van der Waals surface area (Å²) in [4.78, 5) is 11.3. The van der Waals surface area contributed by atoms with E-state index in [2.05, 4.69) is 4.72 Å². The van der Waals surface area contributed by atoms with E-state index in [1.807, 2.05) is 13.8 Å². The second kappa shape index (κ2) is 8.02. The van der Waals surface area contributed by atoms with Crippen LogP contribution in [0.1, 0.15) is 31.1 Å². The number of ether oxygens (including phenoxy) is 2. The third-order valence-corrected chi connectivity index (χ3v) is 4.75. The molecule has 6 nitrogen and oxygen atoms in total. The summed E-state index contributed by atoms with van der Waals surface area (Å²) in [6.07, 6.45) is 0. The van der Waals surface area contributed by atoms with Gasteiger partial charge in [0, 0.05) is 17.3 Å². The maximum atomic E-state index is 12.6. The lowest BCUT2D eigenvalue weighted by molar-refractivity contribution is 0.101. The minimum Gasteiger partial charge on any atom is -0.490 e. The van der Waals surface area contributed by atoms with Crippen molar-refractivity contribution in [3.05, 3.63) is 48.0 Å². The molecule has 0 aromatic heterocycles. The van der Waals surface area contributed by atoms with E-state index in [0.717, 1.165) is 0 Å². The Labute approximate surface area is 147 Å². The fourth-order valence-corrected chi connectivity index (χ4v) is 3.26. The van der Waals surface area contributed by atoms with Crippen molar-refractivity contribution < 1.29 is 22.7 Å². The lowest BCUT2D eigenvalue weighted by Crippen LogP contribution is -2.13. The Balaban J connectivity index is 2.29. The van der Waals surface area contributed by atoms with Crippen LogP contribution in [0, 0.1) is 0 Å². The van der Waals surface area contributed by atoms with Gasteiger partial charge in [-0.15, -0.1) is 0 Å². The average Bonchev–Trinajstić information content (AvgIpc) is 2.57. The number of benzene rings is 2. The molecule has 2 rings (SSSR count). The molecule has 0 unspecified atom stereocenters. The van der Waals surface area contributed by atoms with E-state index in [1.165, 1.54) is 19.1 Å². The molecule has 0 aliphatic carbocycles. The van der Waals surface area contributed by atoms with Gasteiger partial charge in [0.15, 0.2) is 17.3 Å². The molecule has 0 aliphatic rings. The van der Waals surface area contributed by atoms with E-state index in [-0.39, 0.29) is 10.7 Å². The van der Waals surface area contributed by atoms with Crippen LogP contribution < -0.4 is 14.2 Å². The first kappa shape index (κ1) is 18.8. The first-order chi connectivity index (χ1) is 11.9. The van der Waals surface area contributed by atoms with E-state index in [4.69, 9.17) is 9.47 Å². The van der Waals surface area contributed by atoms with Crippen molar-refractivity contribution in [1.29, 1.82) is 0 Å². The molecule has 2 aromatic carbocycles. The maximum Gasteiger partial charge on any atom is 0.262 e. The van der Waals surface area contributed by atoms with Crippen molar-refractivity contribution >= 4 is 21.5 Å². The van der Waals surface area contributed by atoms with E-state index in [1.54, 1.807) is 30.3 Å². The smallest absolute Gasteiger partial charge is 0.262 e. The topological polar surface area (TPSA) is 81.7 Å². The van der Waals surface area contributed by atoms with E-state index in [0.29, 0.717) is 36.0 Å². The Hall–Kier alpha value is -2.54. The Morgan fingerprint density at radius 1 is 0.960 bits per heavy atom. The van der Waals surface area contributed by atoms with Gasteiger partial charge in [0.25, 0.3) is 10.0 Å². The predicted octanol–water partition coefficient (Wildman–Crippen LogP) is 3.49. The molecule has 0 atom stereocenters. The number of hydrogen-bond donors (Lipinski definition) is 1. The number of anilines is 1. The number of nitrogens with one attached hydrogen (secondary N) is 1. The van der Waals surface area contributed by atoms with Gasteiger partial charge >= 0.3 is 0 Å². The highest BCUT2D eigenvalue weighted by Gasteiger charge is 2.17. The second-order valence-electron chi connectivity index (χ2n) is 5.21. The van der Waals surface area contributed by atoms with Crippen LogP contribution in [0.2, 0.25) is 0 Å². The fraction of sp³-hybridized carbons (Fsp3) is 0.278. The summed E-state index contributed by atoms with van der Waals surface area (Å²) in [6.45, 7) is 5.95. The summed E-state index contributed by atoms with van der Waals surface area (Å²) < 4.78 is 38.5. The summed E-state index contributed by atoms with van der Waals surface area (Å²) in [5, 5.41) is 0. The molecule has 25 heavy (non-hydrogen) atoms. The van der Waals surface area contributed by atoms with Gasteiger partial charge in [0.2, 0.25) is 0 Å². The van der Waals surface area contributed by atoms with Crippen molar-refractivity contribution in [2.45, 2.75) is 25.7 Å². The molecule has 0 heterocycles. The van der Waals surface area contributed by atoms with Gasteiger partial charge in [-0.3, -0.25) is 9.52 Å². The summed E-state index contributed by atoms with van der Waals surface area (Å²) >= 11 is 0. The summed E-state index contributed by atoms with van der Waals surface area (Å²) in [5.74, 6) is 0.788. The molecule has 134 valence electrons. The highest BCUT2D eigenvalue weighted by molar-refractivity contribution is 7.92. The number of carbonyl (C=O) groups excluding carboxylic acids is 1. The van der Waals surface area contributed by atoms with Crippen molar-refractivity contribution in [1.82, 2.24) is 0 Å². The number of rotatable bonds is 8. The SMILES string of the molecule is CCOc1ccc(S(=O)(=O)Nc2ccc(C(C)=O)cc2)cc1OCC. The monoisotopic (exact) mass is 363 g/mol. The molecule has 0 saturated heterocycles. The first-order valence-electron chi connectivity index (χ1n) is 7.90. The van der Waals surface area contributed by atoms with Crippen molar-refractivity contribution in [3.8, 4) is 11.5 Å². The maximum absolute atomic E-state index is 12.6. The van der Waals surface area contributed by atoms with Gasteiger partial charge < -0.3 is 9.47 Å². The van der Waals surface area contributed by atoms with Crippen LogP contribution in [0.3, 0.4) is 0 Å². The number of Topliss-reactive ketones (excluding diaryl/α,β-unsaturated/α-hetero) is 1. The predicted molar refractivity (Wildman–Crippen MR) is 96.0 cm³/mol. The summed E-state index contributed by atoms with van der Waals surface area (Å²) in [7, 11) is -3.79. The largest absolute Gasteiger partial charge is 0.490 e. The highest BCUT2D eigenvalue weighted by Crippen LogP contribution is 2.31. The van der Waals surface area contributed by atoms with Gasteiger partial charge in [0.1, 0.15) is 0 Å². The number of carbonyl (C=O) groups is 1. The molecule has 0 fully saturated rings. The number of sulfonamides is 1. The number of ketones is 1. The van der Waals surface area contributed by atoms with Crippen molar-refractivity contribution in [2.24, 2.45) is 0 Å². The Bertz CT molecular complexity index is 844. The van der Waals surface area contributed by atoms with Gasteiger partial charge in [-0.2, -0.15) is 0 Å². The Morgan fingerprint density at radius 2 is 1.56 bits per heavy atom. The van der Waals surface area contributed by atoms with Crippen LogP contribution in [0.5, 0.6) is 11.5 Å². The molecule has 2 aromatic rings. The zero-order chi connectivity index (χ0) is 18.4. The summed E-state index contributed by atoms with van der Waals surface area (Å²) in [5.41, 5.74) is 0.888. The third-order valence-electron chi connectivity index (χ3n) is 3.37. The molecule has 0 spiro atoms. The van der Waals surface area contributed by atoms with Crippen LogP contribution >= 0.6 is 0 Å². The van der Waals surface area contributed by atoms with Crippen LogP contribution in [-0.4, -0.2) is 27.4 Å². The molecule has 7 heteroatoms. The van der Waals surface area contributed by atoms with Crippen LogP contribution in [0.25, 0.3) is 0 Å². The third kappa shape index (κ3) is 4.73. The van der Waals surface area contributed by atoms with Crippen LogP contribution in [0.4, 0.5) is 5.69 Å². The Kier molecular flexibility index (Phi) is 6.03. The normalized spacial score (nSPS) is 11.0. The van der Waals surface area contributed by atoms with Gasteiger partial charge in [0.05, 0.1) is 18.1 Å². The van der Waals surface area contributed by atoms with Crippen LogP contribution in [-0.2, 0) is 10.0 Å². The Morgan fingerprint density at radius 3 is 2.12 bits per heavy atom.